The topological polar surface area (TPSA) is 77.6 Å². The minimum Gasteiger partial charge on any atom is -0.497 e. The number of ether oxygens (including phenoxy) is 4. The Morgan fingerprint density at radius 2 is 1.50 bits per heavy atom. The number of aromatic nitrogens is 2. The Kier molecular flexibility index (Phi) is 6.39. The largest absolute Gasteiger partial charge is 0.497 e. The predicted octanol–water partition coefficient (Wildman–Crippen LogP) is 3.40. The highest BCUT2D eigenvalue weighted by atomic mass is 16.5. The minimum absolute atomic E-state index is 0.589. The van der Waals surface area contributed by atoms with Gasteiger partial charge in [0, 0.05) is 29.8 Å². The third-order valence-corrected chi connectivity index (χ3v) is 4.51. The van der Waals surface area contributed by atoms with E-state index in [1.807, 2.05) is 42.6 Å². The molecule has 0 saturated heterocycles. The summed E-state index contributed by atoms with van der Waals surface area (Å²) in [5.74, 6) is 2.71. The summed E-state index contributed by atoms with van der Waals surface area (Å²) in [5.41, 5.74) is 4.09. The Labute approximate surface area is 164 Å². The van der Waals surface area contributed by atoms with Gasteiger partial charge in [-0.15, -0.1) is 0 Å². The van der Waals surface area contributed by atoms with Gasteiger partial charge in [0.25, 0.3) is 0 Å². The summed E-state index contributed by atoms with van der Waals surface area (Å²) in [6.07, 6.45) is 1.83. The van der Waals surface area contributed by atoms with E-state index in [0.29, 0.717) is 30.3 Å². The van der Waals surface area contributed by atoms with Crippen molar-refractivity contribution in [3.63, 3.8) is 0 Å². The molecule has 0 aliphatic carbocycles. The van der Waals surface area contributed by atoms with Crippen LogP contribution in [0.15, 0.2) is 42.6 Å². The van der Waals surface area contributed by atoms with Crippen LogP contribution in [0, 0.1) is 0 Å². The van der Waals surface area contributed by atoms with Gasteiger partial charge in [-0.3, -0.25) is 5.10 Å². The maximum absolute atomic E-state index is 5.54. The summed E-state index contributed by atoms with van der Waals surface area (Å²) < 4.78 is 21.5. The average Bonchev–Trinajstić information content (AvgIpc) is 3.21. The van der Waals surface area contributed by atoms with Crippen molar-refractivity contribution in [1.82, 2.24) is 15.5 Å². The third kappa shape index (κ3) is 4.04. The molecule has 0 saturated carbocycles. The van der Waals surface area contributed by atoms with Gasteiger partial charge in [0.05, 0.1) is 40.3 Å². The smallest absolute Gasteiger partial charge is 0.203 e. The molecule has 7 nitrogen and oxygen atoms in total. The van der Waals surface area contributed by atoms with Crippen LogP contribution in [0.25, 0.3) is 11.3 Å². The highest BCUT2D eigenvalue weighted by molar-refractivity contribution is 5.63. The van der Waals surface area contributed by atoms with Crippen LogP contribution < -0.4 is 24.3 Å². The van der Waals surface area contributed by atoms with E-state index in [1.165, 1.54) is 0 Å². The Bertz CT molecular complexity index is 907. The SMILES string of the molecule is COc1ccc(-c2[nH]ncc2CNCc2ccc(OC)c(OC)c2OC)cc1. The molecule has 0 radical (unpaired) electrons. The number of rotatable bonds is 9. The van der Waals surface area contributed by atoms with Crippen molar-refractivity contribution < 1.29 is 18.9 Å². The van der Waals surface area contributed by atoms with Gasteiger partial charge < -0.3 is 24.3 Å². The van der Waals surface area contributed by atoms with Crippen LogP contribution in [-0.4, -0.2) is 38.6 Å². The zero-order chi connectivity index (χ0) is 19.9. The van der Waals surface area contributed by atoms with E-state index >= 15 is 0 Å². The maximum atomic E-state index is 5.54. The fourth-order valence-corrected chi connectivity index (χ4v) is 3.09. The fraction of sp³-hybridized carbons (Fsp3) is 0.286. The summed E-state index contributed by atoms with van der Waals surface area (Å²) in [6, 6.07) is 11.7. The molecule has 2 N–H and O–H groups in total. The van der Waals surface area contributed by atoms with Gasteiger partial charge in [-0.25, -0.2) is 0 Å². The van der Waals surface area contributed by atoms with E-state index in [2.05, 4.69) is 15.5 Å². The molecular weight excluding hydrogens is 358 g/mol. The zero-order valence-corrected chi connectivity index (χ0v) is 16.5. The molecular formula is C21H25N3O4. The number of nitrogens with zero attached hydrogens (tertiary/aromatic N) is 1. The number of H-pyrrole nitrogens is 1. The normalized spacial score (nSPS) is 10.6. The molecule has 0 atom stereocenters. The molecule has 2 aromatic carbocycles. The molecule has 3 aromatic rings. The van der Waals surface area contributed by atoms with Crippen molar-refractivity contribution in [2.45, 2.75) is 13.1 Å². The van der Waals surface area contributed by atoms with Gasteiger partial charge >= 0.3 is 0 Å². The Hall–Kier alpha value is -3.19. The summed E-state index contributed by atoms with van der Waals surface area (Å²) in [5, 5.41) is 10.7. The van der Waals surface area contributed by atoms with Gasteiger partial charge in [-0.05, 0) is 30.3 Å². The predicted molar refractivity (Wildman–Crippen MR) is 107 cm³/mol. The van der Waals surface area contributed by atoms with E-state index in [4.69, 9.17) is 18.9 Å². The molecule has 28 heavy (non-hydrogen) atoms. The first-order chi connectivity index (χ1) is 13.7. The van der Waals surface area contributed by atoms with E-state index in [1.54, 1.807) is 28.4 Å². The van der Waals surface area contributed by atoms with Gasteiger partial charge in [-0.1, -0.05) is 6.07 Å². The maximum Gasteiger partial charge on any atom is 0.203 e. The van der Waals surface area contributed by atoms with Crippen molar-refractivity contribution in [2.24, 2.45) is 0 Å². The van der Waals surface area contributed by atoms with Crippen molar-refractivity contribution in [3.05, 3.63) is 53.7 Å². The number of nitrogens with one attached hydrogen (secondary N) is 2. The van der Waals surface area contributed by atoms with Crippen molar-refractivity contribution >= 4 is 0 Å². The van der Waals surface area contributed by atoms with Crippen LogP contribution in [0.2, 0.25) is 0 Å². The van der Waals surface area contributed by atoms with E-state index < -0.39 is 0 Å². The highest BCUT2D eigenvalue weighted by Gasteiger charge is 2.16. The molecule has 0 fully saturated rings. The van der Waals surface area contributed by atoms with E-state index in [-0.39, 0.29) is 0 Å². The number of hydrogen-bond acceptors (Lipinski definition) is 6. The lowest BCUT2D eigenvalue weighted by Crippen LogP contribution is -2.14. The van der Waals surface area contributed by atoms with Crippen molar-refractivity contribution in [3.8, 4) is 34.3 Å². The lowest BCUT2D eigenvalue weighted by molar-refractivity contribution is 0.321. The van der Waals surface area contributed by atoms with E-state index in [0.717, 1.165) is 28.1 Å². The first kappa shape index (κ1) is 19.6. The molecule has 1 aromatic heterocycles. The zero-order valence-electron chi connectivity index (χ0n) is 16.5. The van der Waals surface area contributed by atoms with Gasteiger partial charge in [0.15, 0.2) is 11.5 Å². The first-order valence-corrected chi connectivity index (χ1v) is 8.87. The monoisotopic (exact) mass is 383 g/mol. The molecule has 148 valence electrons. The Balaban J connectivity index is 1.72. The molecule has 7 heteroatoms. The van der Waals surface area contributed by atoms with Crippen LogP contribution in [0.4, 0.5) is 0 Å². The lowest BCUT2D eigenvalue weighted by atomic mass is 10.1. The van der Waals surface area contributed by atoms with Crippen LogP contribution in [-0.2, 0) is 13.1 Å². The summed E-state index contributed by atoms with van der Waals surface area (Å²) in [7, 11) is 6.49. The summed E-state index contributed by atoms with van der Waals surface area (Å²) >= 11 is 0. The van der Waals surface area contributed by atoms with Crippen molar-refractivity contribution in [2.75, 3.05) is 28.4 Å². The molecule has 0 amide bonds. The number of benzene rings is 2. The first-order valence-electron chi connectivity index (χ1n) is 8.87. The summed E-state index contributed by atoms with van der Waals surface area (Å²) in [4.78, 5) is 0. The second kappa shape index (κ2) is 9.14. The third-order valence-electron chi connectivity index (χ3n) is 4.51. The van der Waals surface area contributed by atoms with Gasteiger partial charge in [-0.2, -0.15) is 5.10 Å². The van der Waals surface area contributed by atoms with Gasteiger partial charge in [0.2, 0.25) is 5.75 Å². The molecule has 0 aliphatic heterocycles. The Morgan fingerprint density at radius 1 is 0.786 bits per heavy atom. The fourth-order valence-electron chi connectivity index (χ4n) is 3.09. The number of aromatic amines is 1. The second-order valence-electron chi connectivity index (χ2n) is 6.10. The van der Waals surface area contributed by atoms with Crippen LogP contribution in [0.1, 0.15) is 11.1 Å². The van der Waals surface area contributed by atoms with Gasteiger partial charge in [0.1, 0.15) is 5.75 Å². The van der Waals surface area contributed by atoms with Crippen LogP contribution >= 0.6 is 0 Å². The van der Waals surface area contributed by atoms with Crippen molar-refractivity contribution in [1.29, 1.82) is 0 Å². The quantitative estimate of drug-likeness (QED) is 0.590. The Morgan fingerprint density at radius 3 is 2.14 bits per heavy atom. The molecule has 1 heterocycles. The average molecular weight is 383 g/mol. The lowest BCUT2D eigenvalue weighted by Gasteiger charge is -2.16. The molecule has 3 rings (SSSR count). The van der Waals surface area contributed by atoms with Crippen LogP contribution in [0.3, 0.4) is 0 Å². The molecule has 0 unspecified atom stereocenters. The second-order valence-corrected chi connectivity index (χ2v) is 6.10. The summed E-state index contributed by atoms with van der Waals surface area (Å²) in [6.45, 7) is 1.26. The number of methoxy groups -OCH3 is 4. The highest BCUT2D eigenvalue weighted by Crippen LogP contribution is 2.39. The molecule has 0 bridgehead atoms. The van der Waals surface area contributed by atoms with Crippen LogP contribution in [0.5, 0.6) is 23.0 Å². The molecule has 0 spiro atoms. The van der Waals surface area contributed by atoms with E-state index in [9.17, 15) is 0 Å². The molecule has 0 aliphatic rings. The number of hydrogen-bond donors (Lipinski definition) is 2. The minimum atomic E-state index is 0.589. The standard InChI is InChI=1S/C21H25N3O4/c1-25-17-8-5-14(6-9-17)19-16(13-23-24-19)12-22-11-15-7-10-18(26-2)21(28-4)20(15)27-3/h5-10,13,22H,11-12H2,1-4H3,(H,23,24).